The quantitative estimate of drug-likeness (QED) is 0.848. The molecule has 1 aromatic carbocycles. The third-order valence-corrected chi connectivity index (χ3v) is 2.68. The fraction of sp³-hybridized carbons (Fsp3) is 0.500. The predicted molar refractivity (Wildman–Crippen MR) is 58.7 cm³/mol. The summed E-state index contributed by atoms with van der Waals surface area (Å²) >= 11 is 0. The summed E-state index contributed by atoms with van der Waals surface area (Å²) in [5.41, 5.74) is 6.21. The number of nitrogens with two attached hydrogens (primary N) is 1. The number of hydrogen-bond acceptors (Lipinski definition) is 3. The average molecular weight is 225 g/mol. The number of benzene rings is 1. The Kier molecular flexibility index (Phi) is 3.74. The molecule has 0 saturated carbocycles. The molecule has 0 aliphatic carbocycles. The fourth-order valence-electron chi connectivity index (χ4n) is 1.75. The molecule has 0 amide bonds. The molecule has 0 spiro atoms. The lowest BCUT2D eigenvalue weighted by molar-refractivity contribution is 0.167. The van der Waals surface area contributed by atoms with E-state index >= 15 is 0 Å². The summed E-state index contributed by atoms with van der Waals surface area (Å²) in [5.74, 6) is 0.664. The minimum atomic E-state index is -0.305. The topological polar surface area (TPSA) is 44.5 Å². The van der Waals surface area contributed by atoms with Crippen LogP contribution in [0.5, 0.6) is 5.75 Å². The lowest BCUT2D eigenvalue weighted by atomic mass is 10.1. The first-order valence-electron chi connectivity index (χ1n) is 5.48. The third-order valence-electron chi connectivity index (χ3n) is 2.68. The van der Waals surface area contributed by atoms with Crippen LogP contribution in [0.25, 0.3) is 0 Å². The van der Waals surface area contributed by atoms with Gasteiger partial charge in [0.1, 0.15) is 11.6 Å². The van der Waals surface area contributed by atoms with Crippen LogP contribution in [0.3, 0.4) is 0 Å². The lowest BCUT2D eigenvalue weighted by Crippen LogP contribution is -2.12. The Hall–Kier alpha value is -1.13. The summed E-state index contributed by atoms with van der Waals surface area (Å²) in [6.45, 7) is 2.43. The van der Waals surface area contributed by atoms with Crippen LogP contribution in [0, 0.1) is 11.7 Å². The number of hydrogen-bond donors (Lipinski definition) is 1. The zero-order valence-corrected chi connectivity index (χ0v) is 9.12. The molecule has 1 aromatic rings. The second kappa shape index (κ2) is 5.27. The Morgan fingerprint density at radius 3 is 3.00 bits per heavy atom. The molecule has 1 saturated heterocycles. The van der Waals surface area contributed by atoms with E-state index in [1.807, 2.05) is 0 Å². The van der Waals surface area contributed by atoms with E-state index in [1.54, 1.807) is 6.07 Å². The van der Waals surface area contributed by atoms with Gasteiger partial charge in [0.15, 0.2) is 0 Å². The molecule has 3 nitrogen and oxygen atoms in total. The van der Waals surface area contributed by atoms with E-state index < -0.39 is 0 Å². The van der Waals surface area contributed by atoms with Gasteiger partial charge in [0.2, 0.25) is 0 Å². The van der Waals surface area contributed by atoms with Crippen molar-refractivity contribution in [2.24, 2.45) is 11.7 Å². The highest BCUT2D eigenvalue weighted by Gasteiger charge is 2.16. The van der Waals surface area contributed by atoms with Crippen molar-refractivity contribution < 1.29 is 13.9 Å². The van der Waals surface area contributed by atoms with E-state index in [9.17, 15) is 4.39 Å². The van der Waals surface area contributed by atoms with E-state index in [-0.39, 0.29) is 5.82 Å². The van der Waals surface area contributed by atoms with Gasteiger partial charge in [-0.25, -0.2) is 4.39 Å². The lowest BCUT2D eigenvalue weighted by Gasteiger charge is -2.11. The smallest absolute Gasteiger partial charge is 0.127 e. The Morgan fingerprint density at radius 1 is 1.44 bits per heavy atom. The van der Waals surface area contributed by atoms with Crippen LogP contribution in [0.4, 0.5) is 4.39 Å². The van der Waals surface area contributed by atoms with Crippen LogP contribution in [0.2, 0.25) is 0 Å². The maximum Gasteiger partial charge on any atom is 0.127 e. The number of ether oxygens (including phenoxy) is 2. The molecule has 0 radical (unpaired) electrons. The molecule has 4 heteroatoms. The van der Waals surface area contributed by atoms with Gasteiger partial charge in [0.25, 0.3) is 0 Å². The summed E-state index contributed by atoms with van der Waals surface area (Å²) in [4.78, 5) is 0. The van der Waals surface area contributed by atoms with E-state index in [4.69, 9.17) is 15.2 Å². The van der Waals surface area contributed by atoms with Gasteiger partial charge in [0, 0.05) is 25.1 Å². The molecule has 1 fully saturated rings. The second-order valence-electron chi connectivity index (χ2n) is 4.04. The van der Waals surface area contributed by atoms with Gasteiger partial charge in [-0.2, -0.15) is 0 Å². The maximum absolute atomic E-state index is 13.2. The first kappa shape index (κ1) is 11.4. The first-order chi connectivity index (χ1) is 7.78. The highest BCUT2D eigenvalue weighted by molar-refractivity contribution is 5.29. The average Bonchev–Trinajstić information content (AvgIpc) is 2.78. The SMILES string of the molecule is NCc1cc(F)cc(OCC2CCOC2)c1. The predicted octanol–water partition coefficient (Wildman–Crippen LogP) is 1.70. The normalized spacial score (nSPS) is 20.0. The first-order valence-corrected chi connectivity index (χ1v) is 5.48. The highest BCUT2D eigenvalue weighted by Crippen LogP contribution is 2.19. The largest absolute Gasteiger partial charge is 0.493 e. The zero-order chi connectivity index (χ0) is 11.4. The Balaban J connectivity index is 1.94. The monoisotopic (exact) mass is 225 g/mol. The summed E-state index contributed by atoms with van der Waals surface area (Å²) in [6, 6.07) is 4.58. The van der Waals surface area contributed by atoms with Crippen LogP contribution in [0.15, 0.2) is 18.2 Å². The number of rotatable bonds is 4. The molecule has 1 unspecified atom stereocenters. The zero-order valence-electron chi connectivity index (χ0n) is 9.12. The van der Waals surface area contributed by atoms with Crippen molar-refractivity contribution in [3.05, 3.63) is 29.6 Å². The maximum atomic E-state index is 13.2. The summed E-state index contributed by atoms with van der Waals surface area (Å²) < 4.78 is 23.9. The molecule has 2 N–H and O–H groups in total. The van der Waals surface area contributed by atoms with Crippen molar-refractivity contribution in [3.8, 4) is 5.75 Å². The van der Waals surface area contributed by atoms with Gasteiger partial charge in [-0.1, -0.05) is 0 Å². The van der Waals surface area contributed by atoms with Crippen LogP contribution < -0.4 is 10.5 Å². The minimum Gasteiger partial charge on any atom is -0.493 e. The molecular formula is C12H16FNO2. The van der Waals surface area contributed by atoms with Crippen molar-refractivity contribution in [2.75, 3.05) is 19.8 Å². The van der Waals surface area contributed by atoms with Crippen LogP contribution in [-0.4, -0.2) is 19.8 Å². The molecule has 0 bridgehead atoms. The molecular weight excluding hydrogens is 209 g/mol. The molecule has 1 heterocycles. The molecule has 88 valence electrons. The molecule has 2 rings (SSSR count). The standard InChI is InChI=1S/C12H16FNO2/c13-11-3-10(6-14)4-12(5-11)16-8-9-1-2-15-7-9/h3-5,9H,1-2,6-8,14H2. The molecule has 0 aromatic heterocycles. The van der Waals surface area contributed by atoms with Crippen molar-refractivity contribution in [1.29, 1.82) is 0 Å². The van der Waals surface area contributed by atoms with E-state index in [1.165, 1.54) is 12.1 Å². The highest BCUT2D eigenvalue weighted by atomic mass is 19.1. The third kappa shape index (κ3) is 2.93. The van der Waals surface area contributed by atoms with Gasteiger partial charge in [-0.05, 0) is 24.1 Å². The van der Waals surface area contributed by atoms with Crippen LogP contribution in [0.1, 0.15) is 12.0 Å². The van der Waals surface area contributed by atoms with Crippen LogP contribution in [-0.2, 0) is 11.3 Å². The van der Waals surface area contributed by atoms with Crippen molar-refractivity contribution >= 4 is 0 Å². The molecule has 1 aliphatic heterocycles. The van der Waals surface area contributed by atoms with Crippen molar-refractivity contribution in [3.63, 3.8) is 0 Å². The summed E-state index contributed by atoms with van der Waals surface area (Å²) in [7, 11) is 0. The minimum absolute atomic E-state index is 0.305. The Bertz CT molecular complexity index is 351. The molecule has 1 atom stereocenters. The van der Waals surface area contributed by atoms with Crippen LogP contribution >= 0.6 is 0 Å². The van der Waals surface area contributed by atoms with Crippen molar-refractivity contribution in [2.45, 2.75) is 13.0 Å². The second-order valence-corrected chi connectivity index (χ2v) is 4.04. The van der Waals surface area contributed by atoms with Gasteiger partial charge in [-0.15, -0.1) is 0 Å². The van der Waals surface area contributed by atoms with E-state index in [0.717, 1.165) is 25.2 Å². The summed E-state index contributed by atoms with van der Waals surface area (Å²) in [6.07, 6.45) is 1.01. The van der Waals surface area contributed by atoms with E-state index in [0.29, 0.717) is 24.8 Å². The fourth-order valence-corrected chi connectivity index (χ4v) is 1.75. The summed E-state index contributed by atoms with van der Waals surface area (Å²) in [5, 5.41) is 0. The van der Waals surface area contributed by atoms with Gasteiger partial charge in [-0.3, -0.25) is 0 Å². The Morgan fingerprint density at radius 2 is 2.31 bits per heavy atom. The number of halogens is 1. The molecule has 16 heavy (non-hydrogen) atoms. The Labute approximate surface area is 94.3 Å². The van der Waals surface area contributed by atoms with Gasteiger partial charge >= 0.3 is 0 Å². The molecule has 1 aliphatic rings. The van der Waals surface area contributed by atoms with Gasteiger partial charge < -0.3 is 15.2 Å². The van der Waals surface area contributed by atoms with Crippen molar-refractivity contribution in [1.82, 2.24) is 0 Å². The van der Waals surface area contributed by atoms with Gasteiger partial charge in [0.05, 0.1) is 13.2 Å². The van der Waals surface area contributed by atoms with E-state index in [2.05, 4.69) is 0 Å².